The molecule has 2 aromatic heterocycles. The number of fused-ring (bicyclic) bond motifs is 1. The van der Waals surface area contributed by atoms with E-state index in [9.17, 15) is 9.90 Å². The number of aromatic hydroxyl groups is 1. The minimum absolute atomic E-state index is 0.0159. The molecule has 148 valence electrons. The van der Waals surface area contributed by atoms with Gasteiger partial charge >= 0.3 is 0 Å². The number of pyridine rings is 1. The first-order chi connectivity index (χ1) is 13.9. The number of Topliss-reactive ketones (excluding diaryl/α,β-unsaturated/α-hetero) is 1. The molecule has 7 nitrogen and oxygen atoms in total. The van der Waals surface area contributed by atoms with E-state index in [1.54, 1.807) is 24.5 Å². The van der Waals surface area contributed by atoms with Gasteiger partial charge in [0, 0.05) is 35.6 Å². The number of hydrogen-bond acceptors (Lipinski definition) is 7. The number of ketones is 1. The second-order valence-corrected chi connectivity index (χ2v) is 7.16. The topological polar surface area (TPSA) is 88.4 Å². The molecular formula is C22H22N4O3. The molecule has 7 heteroatoms. The molecule has 1 aliphatic heterocycles. The van der Waals surface area contributed by atoms with E-state index >= 15 is 0 Å². The molecule has 0 unspecified atom stereocenters. The largest absolute Gasteiger partial charge is 0.504 e. The minimum atomic E-state index is -0.0159. The van der Waals surface area contributed by atoms with Gasteiger partial charge in [-0.15, -0.1) is 0 Å². The molecule has 29 heavy (non-hydrogen) atoms. The highest BCUT2D eigenvalue weighted by Gasteiger charge is 2.22. The first-order valence-corrected chi connectivity index (χ1v) is 9.43. The molecule has 0 amide bonds. The van der Waals surface area contributed by atoms with Crippen LogP contribution in [0.15, 0.2) is 36.7 Å². The van der Waals surface area contributed by atoms with Crippen molar-refractivity contribution in [1.29, 1.82) is 0 Å². The van der Waals surface area contributed by atoms with Gasteiger partial charge in [0.15, 0.2) is 17.3 Å². The number of anilines is 1. The molecule has 0 spiro atoms. The Hall–Kier alpha value is -3.48. The summed E-state index contributed by atoms with van der Waals surface area (Å²) in [5.41, 5.74) is 4.56. The Morgan fingerprint density at radius 3 is 2.72 bits per heavy atom. The van der Waals surface area contributed by atoms with Crippen molar-refractivity contribution in [3.63, 3.8) is 0 Å². The predicted molar refractivity (Wildman–Crippen MR) is 109 cm³/mol. The van der Waals surface area contributed by atoms with Crippen molar-refractivity contribution in [2.75, 3.05) is 18.1 Å². The zero-order valence-corrected chi connectivity index (χ0v) is 16.6. The summed E-state index contributed by atoms with van der Waals surface area (Å²) in [6.45, 7) is 6.85. The van der Waals surface area contributed by atoms with Gasteiger partial charge in [-0.05, 0) is 45.0 Å². The van der Waals surface area contributed by atoms with Crippen molar-refractivity contribution in [2.45, 2.75) is 27.3 Å². The van der Waals surface area contributed by atoms with Crippen LogP contribution in [0.4, 0.5) is 5.82 Å². The smallest absolute Gasteiger partial charge is 0.166 e. The fourth-order valence-electron chi connectivity index (χ4n) is 3.42. The molecule has 0 saturated heterocycles. The molecule has 3 aromatic rings. The van der Waals surface area contributed by atoms with Gasteiger partial charge in [-0.2, -0.15) is 0 Å². The molecule has 1 aromatic carbocycles. The molecular weight excluding hydrogens is 368 g/mol. The van der Waals surface area contributed by atoms with Crippen molar-refractivity contribution in [3.05, 3.63) is 59.2 Å². The summed E-state index contributed by atoms with van der Waals surface area (Å²) in [7, 11) is 0. The lowest BCUT2D eigenvalue weighted by Crippen LogP contribution is -2.26. The summed E-state index contributed by atoms with van der Waals surface area (Å²) in [6.07, 6.45) is 3.31. The summed E-state index contributed by atoms with van der Waals surface area (Å²) in [6, 6.07) is 7.26. The second-order valence-electron chi connectivity index (χ2n) is 7.16. The lowest BCUT2D eigenvalue weighted by molar-refractivity contribution is 0.101. The number of carbonyl (C=O) groups is 1. The molecule has 4 rings (SSSR count). The number of carbonyl (C=O) groups excluding carboxylic acids is 1. The monoisotopic (exact) mass is 390 g/mol. The van der Waals surface area contributed by atoms with Gasteiger partial charge in [-0.25, -0.2) is 9.97 Å². The molecule has 0 saturated carbocycles. The molecule has 0 radical (unpaired) electrons. The second kappa shape index (κ2) is 7.50. The zero-order chi connectivity index (χ0) is 20.5. The van der Waals surface area contributed by atoms with Crippen molar-refractivity contribution in [2.24, 2.45) is 0 Å². The third-order valence-electron chi connectivity index (χ3n) is 4.94. The van der Waals surface area contributed by atoms with Gasteiger partial charge in [0.2, 0.25) is 0 Å². The number of phenolic OH excluding ortho intramolecular Hbond substituents is 1. The van der Waals surface area contributed by atoms with Gasteiger partial charge in [0.1, 0.15) is 12.4 Å². The van der Waals surface area contributed by atoms with E-state index in [0.717, 1.165) is 34.0 Å². The molecule has 0 bridgehead atoms. The van der Waals surface area contributed by atoms with Gasteiger partial charge < -0.3 is 14.7 Å². The number of ether oxygens (including phenoxy) is 1. The maximum atomic E-state index is 11.5. The van der Waals surface area contributed by atoms with Crippen molar-refractivity contribution < 1.29 is 14.6 Å². The van der Waals surface area contributed by atoms with E-state index in [4.69, 9.17) is 4.74 Å². The van der Waals surface area contributed by atoms with Crippen molar-refractivity contribution in [3.8, 4) is 22.8 Å². The van der Waals surface area contributed by atoms with E-state index < -0.39 is 0 Å². The number of phenols is 1. The first-order valence-electron chi connectivity index (χ1n) is 9.43. The Morgan fingerprint density at radius 1 is 1.17 bits per heavy atom. The number of aryl methyl sites for hydroxylation is 2. The average Bonchev–Trinajstić information content (AvgIpc) is 2.93. The predicted octanol–water partition coefficient (Wildman–Crippen LogP) is 3.46. The van der Waals surface area contributed by atoms with Crippen LogP contribution in [0.25, 0.3) is 11.3 Å². The fourth-order valence-corrected chi connectivity index (χ4v) is 3.42. The van der Waals surface area contributed by atoms with Crippen LogP contribution in [0.2, 0.25) is 0 Å². The Kier molecular flexibility index (Phi) is 4.88. The number of aromatic nitrogens is 3. The molecule has 1 aliphatic rings. The Morgan fingerprint density at radius 2 is 2.00 bits per heavy atom. The summed E-state index contributed by atoms with van der Waals surface area (Å²) >= 11 is 0. The standard InChI is InChI=1S/C22H22N4O3/c1-13-10-23-14(2)21(25-13)17-8-18-12-26(6-7-29-22(18)19(28)9-17)20-5-4-16(11-24-20)15(3)27/h4-5,8-11,28H,6-7,12H2,1-3H3. The normalized spacial score (nSPS) is 13.4. The van der Waals surface area contributed by atoms with Crippen molar-refractivity contribution >= 4 is 11.6 Å². The first kappa shape index (κ1) is 18.9. The third-order valence-corrected chi connectivity index (χ3v) is 4.94. The maximum Gasteiger partial charge on any atom is 0.166 e. The summed E-state index contributed by atoms with van der Waals surface area (Å²) in [4.78, 5) is 27.0. The van der Waals surface area contributed by atoms with E-state index in [2.05, 4.69) is 19.9 Å². The summed E-state index contributed by atoms with van der Waals surface area (Å²) in [5.74, 6) is 1.30. The summed E-state index contributed by atoms with van der Waals surface area (Å²) < 4.78 is 5.83. The van der Waals surface area contributed by atoms with Crippen LogP contribution in [0.5, 0.6) is 11.5 Å². The maximum absolute atomic E-state index is 11.5. The SMILES string of the molecule is CC(=O)c1ccc(N2CCOc3c(O)cc(-c4nc(C)cnc4C)cc3C2)nc1. The van der Waals surface area contributed by atoms with Gasteiger partial charge in [-0.3, -0.25) is 9.78 Å². The Balaban J connectivity index is 1.72. The molecule has 0 atom stereocenters. The highest BCUT2D eigenvalue weighted by atomic mass is 16.5. The highest BCUT2D eigenvalue weighted by molar-refractivity contribution is 5.93. The lowest BCUT2D eigenvalue weighted by atomic mass is 10.0. The average molecular weight is 390 g/mol. The number of rotatable bonds is 3. The van der Waals surface area contributed by atoms with Gasteiger partial charge in [0.05, 0.1) is 23.6 Å². The summed E-state index contributed by atoms with van der Waals surface area (Å²) in [5, 5.41) is 10.6. The van der Waals surface area contributed by atoms with Crippen LogP contribution < -0.4 is 9.64 Å². The molecule has 1 N–H and O–H groups in total. The van der Waals surface area contributed by atoms with E-state index in [1.165, 1.54) is 6.92 Å². The molecule has 0 aliphatic carbocycles. The Bertz CT molecular complexity index is 1080. The van der Waals surface area contributed by atoms with Crippen LogP contribution in [-0.4, -0.2) is 39.0 Å². The number of nitrogens with zero attached hydrogens (tertiary/aromatic N) is 4. The van der Waals surface area contributed by atoms with E-state index in [0.29, 0.717) is 31.0 Å². The molecule has 0 fully saturated rings. The number of hydrogen-bond donors (Lipinski definition) is 1. The Labute approximate surface area is 169 Å². The van der Waals surface area contributed by atoms with Crippen molar-refractivity contribution in [1.82, 2.24) is 15.0 Å². The zero-order valence-electron chi connectivity index (χ0n) is 16.6. The van der Waals surface area contributed by atoms with Gasteiger partial charge in [0.25, 0.3) is 0 Å². The van der Waals surface area contributed by atoms with E-state index in [1.807, 2.05) is 26.0 Å². The molecule has 3 heterocycles. The van der Waals surface area contributed by atoms with Crippen LogP contribution in [-0.2, 0) is 6.54 Å². The third kappa shape index (κ3) is 3.76. The number of benzene rings is 1. The van der Waals surface area contributed by atoms with Crippen LogP contribution in [0, 0.1) is 13.8 Å². The minimum Gasteiger partial charge on any atom is -0.504 e. The quantitative estimate of drug-likeness (QED) is 0.685. The fraction of sp³-hybridized carbons (Fsp3) is 0.273. The van der Waals surface area contributed by atoms with E-state index in [-0.39, 0.29) is 11.5 Å². The lowest BCUT2D eigenvalue weighted by Gasteiger charge is -2.21. The van der Waals surface area contributed by atoms with Crippen LogP contribution in [0.1, 0.15) is 34.2 Å². The van der Waals surface area contributed by atoms with Crippen LogP contribution in [0.3, 0.4) is 0 Å². The highest BCUT2D eigenvalue weighted by Crippen LogP contribution is 2.38. The van der Waals surface area contributed by atoms with Crippen LogP contribution >= 0.6 is 0 Å². The van der Waals surface area contributed by atoms with Gasteiger partial charge in [-0.1, -0.05) is 0 Å².